The molecule has 130 valence electrons. The van der Waals surface area contributed by atoms with E-state index in [0.717, 1.165) is 22.1 Å². The van der Waals surface area contributed by atoms with Crippen molar-refractivity contribution in [2.75, 3.05) is 0 Å². The molecule has 1 atom stereocenters. The molecule has 5 heteroatoms. The largest absolute Gasteiger partial charge is 0.368 e. The standard InChI is InChI=1S/C21H18N2O2S/c22-21(25)18-11-14-5-1-2-6-15(14)12-23(18)20(24)10-9-16-13-26-19-8-4-3-7-17(16)19/h1-10,13,18H,11-12H2,(H2,22,25)/b10-9+. The number of hydrogen-bond acceptors (Lipinski definition) is 3. The van der Waals surface area contributed by atoms with E-state index in [9.17, 15) is 9.59 Å². The minimum absolute atomic E-state index is 0.196. The van der Waals surface area contributed by atoms with Crippen LogP contribution in [0.1, 0.15) is 16.7 Å². The van der Waals surface area contributed by atoms with Crippen molar-refractivity contribution in [3.05, 3.63) is 76.7 Å². The number of primary amides is 1. The summed E-state index contributed by atoms with van der Waals surface area (Å²) < 4.78 is 1.18. The van der Waals surface area contributed by atoms with Crippen LogP contribution in [0.15, 0.2) is 60.0 Å². The van der Waals surface area contributed by atoms with Gasteiger partial charge in [-0.15, -0.1) is 11.3 Å². The lowest BCUT2D eigenvalue weighted by atomic mass is 9.93. The summed E-state index contributed by atoms with van der Waals surface area (Å²) in [5.74, 6) is -0.666. The Morgan fingerprint density at radius 2 is 1.81 bits per heavy atom. The smallest absolute Gasteiger partial charge is 0.247 e. The first-order chi connectivity index (χ1) is 12.6. The van der Waals surface area contributed by atoms with Crippen LogP contribution in [0.3, 0.4) is 0 Å². The van der Waals surface area contributed by atoms with Gasteiger partial charge in [0.1, 0.15) is 6.04 Å². The van der Waals surface area contributed by atoms with Gasteiger partial charge in [-0.3, -0.25) is 9.59 Å². The number of fused-ring (bicyclic) bond motifs is 2. The number of nitrogens with zero attached hydrogens (tertiary/aromatic N) is 1. The van der Waals surface area contributed by atoms with Gasteiger partial charge in [0.05, 0.1) is 0 Å². The maximum atomic E-state index is 12.8. The fourth-order valence-corrected chi connectivity index (χ4v) is 4.32. The van der Waals surface area contributed by atoms with Crippen LogP contribution in [0.4, 0.5) is 0 Å². The van der Waals surface area contributed by atoms with E-state index < -0.39 is 11.9 Å². The molecule has 1 aliphatic heterocycles. The zero-order chi connectivity index (χ0) is 18.1. The molecule has 0 aliphatic carbocycles. The molecule has 1 aliphatic rings. The molecule has 0 saturated carbocycles. The average Bonchev–Trinajstić information content (AvgIpc) is 3.08. The van der Waals surface area contributed by atoms with Crippen molar-refractivity contribution in [3.8, 4) is 0 Å². The van der Waals surface area contributed by atoms with E-state index in [2.05, 4.69) is 6.07 Å². The molecular formula is C21H18N2O2S. The number of rotatable bonds is 3. The Hall–Kier alpha value is -2.92. The van der Waals surface area contributed by atoms with E-state index in [-0.39, 0.29) is 5.91 Å². The van der Waals surface area contributed by atoms with Gasteiger partial charge in [-0.2, -0.15) is 0 Å². The summed E-state index contributed by atoms with van der Waals surface area (Å²) in [6, 6.07) is 15.3. The van der Waals surface area contributed by atoms with Gasteiger partial charge in [0, 0.05) is 23.7 Å². The fraction of sp³-hybridized carbons (Fsp3) is 0.143. The van der Waals surface area contributed by atoms with Crippen LogP contribution in [0.2, 0.25) is 0 Å². The van der Waals surface area contributed by atoms with Gasteiger partial charge >= 0.3 is 0 Å². The van der Waals surface area contributed by atoms with Crippen LogP contribution >= 0.6 is 11.3 Å². The number of nitrogens with two attached hydrogens (primary N) is 1. The molecule has 0 saturated heterocycles. The Morgan fingerprint density at radius 3 is 2.62 bits per heavy atom. The minimum atomic E-state index is -0.610. The third kappa shape index (κ3) is 3.02. The summed E-state index contributed by atoms with van der Waals surface area (Å²) in [5.41, 5.74) is 8.71. The van der Waals surface area contributed by atoms with E-state index in [4.69, 9.17) is 5.73 Å². The summed E-state index contributed by atoms with van der Waals surface area (Å²) in [4.78, 5) is 26.2. The Kier molecular flexibility index (Phi) is 4.31. The Morgan fingerprint density at radius 1 is 1.08 bits per heavy atom. The lowest BCUT2D eigenvalue weighted by Crippen LogP contribution is -2.50. The SMILES string of the molecule is NC(=O)C1Cc2ccccc2CN1C(=O)/C=C/c1csc2ccccc12. The van der Waals surface area contributed by atoms with Crippen LogP contribution in [-0.2, 0) is 22.6 Å². The molecule has 0 fully saturated rings. The topological polar surface area (TPSA) is 63.4 Å². The first-order valence-corrected chi connectivity index (χ1v) is 9.32. The monoisotopic (exact) mass is 362 g/mol. The number of benzene rings is 2. The van der Waals surface area contributed by atoms with E-state index in [1.165, 1.54) is 4.70 Å². The molecule has 1 aromatic heterocycles. The molecule has 3 aromatic rings. The highest BCUT2D eigenvalue weighted by Crippen LogP contribution is 2.27. The molecule has 2 aromatic carbocycles. The van der Waals surface area contributed by atoms with Crippen molar-refractivity contribution in [1.82, 2.24) is 4.90 Å². The second-order valence-electron chi connectivity index (χ2n) is 6.38. The fourth-order valence-electron chi connectivity index (χ4n) is 3.39. The van der Waals surface area contributed by atoms with Gasteiger partial charge in [-0.25, -0.2) is 0 Å². The molecule has 1 unspecified atom stereocenters. The van der Waals surface area contributed by atoms with E-state index in [0.29, 0.717) is 13.0 Å². The zero-order valence-electron chi connectivity index (χ0n) is 14.1. The Bertz CT molecular complexity index is 1020. The van der Waals surface area contributed by atoms with Crippen molar-refractivity contribution in [2.45, 2.75) is 19.0 Å². The number of hydrogen-bond donors (Lipinski definition) is 1. The summed E-state index contributed by atoms with van der Waals surface area (Å²) in [7, 11) is 0. The van der Waals surface area contributed by atoms with Crippen LogP contribution in [0, 0.1) is 0 Å². The Labute approximate surface area is 155 Å². The zero-order valence-corrected chi connectivity index (χ0v) is 14.9. The quantitative estimate of drug-likeness (QED) is 0.726. The lowest BCUT2D eigenvalue weighted by Gasteiger charge is -2.34. The summed E-state index contributed by atoms with van der Waals surface area (Å²) >= 11 is 1.65. The minimum Gasteiger partial charge on any atom is -0.368 e. The Balaban J connectivity index is 1.61. The van der Waals surface area contributed by atoms with Gasteiger partial charge in [-0.05, 0) is 39.6 Å². The summed E-state index contributed by atoms with van der Waals surface area (Å²) in [6.07, 6.45) is 3.82. The number of amides is 2. The van der Waals surface area contributed by atoms with Crippen molar-refractivity contribution in [1.29, 1.82) is 0 Å². The van der Waals surface area contributed by atoms with Crippen molar-refractivity contribution in [2.24, 2.45) is 5.73 Å². The van der Waals surface area contributed by atoms with Gasteiger partial charge in [-0.1, -0.05) is 42.5 Å². The molecule has 4 nitrogen and oxygen atoms in total. The predicted octanol–water partition coefficient (Wildman–Crippen LogP) is 3.35. The van der Waals surface area contributed by atoms with Crippen LogP contribution < -0.4 is 5.73 Å². The second-order valence-corrected chi connectivity index (χ2v) is 7.29. The van der Waals surface area contributed by atoms with Gasteiger partial charge < -0.3 is 10.6 Å². The predicted molar refractivity (Wildman–Crippen MR) is 105 cm³/mol. The molecule has 4 rings (SSSR count). The first-order valence-electron chi connectivity index (χ1n) is 8.44. The molecule has 2 amide bonds. The van der Waals surface area contributed by atoms with Crippen LogP contribution in [-0.4, -0.2) is 22.8 Å². The highest BCUT2D eigenvalue weighted by molar-refractivity contribution is 7.17. The average molecular weight is 362 g/mol. The van der Waals surface area contributed by atoms with Crippen molar-refractivity contribution >= 4 is 39.3 Å². The molecule has 26 heavy (non-hydrogen) atoms. The third-order valence-corrected chi connectivity index (χ3v) is 5.76. The normalized spacial score (nSPS) is 16.8. The molecule has 0 bridgehead atoms. The molecular weight excluding hydrogens is 344 g/mol. The maximum absolute atomic E-state index is 12.8. The summed E-state index contributed by atoms with van der Waals surface area (Å²) in [5, 5.41) is 3.16. The lowest BCUT2D eigenvalue weighted by molar-refractivity contribution is -0.136. The van der Waals surface area contributed by atoms with E-state index in [1.54, 1.807) is 22.3 Å². The number of thiophene rings is 1. The molecule has 2 heterocycles. The maximum Gasteiger partial charge on any atom is 0.247 e. The van der Waals surface area contributed by atoms with Crippen LogP contribution in [0.25, 0.3) is 16.2 Å². The second kappa shape index (κ2) is 6.77. The first kappa shape index (κ1) is 16.5. The molecule has 0 spiro atoms. The number of carbonyl (C=O) groups excluding carboxylic acids is 2. The van der Waals surface area contributed by atoms with Gasteiger partial charge in [0.2, 0.25) is 11.8 Å². The van der Waals surface area contributed by atoms with Crippen molar-refractivity contribution < 1.29 is 9.59 Å². The van der Waals surface area contributed by atoms with Gasteiger partial charge in [0.15, 0.2) is 0 Å². The number of carbonyl (C=O) groups is 2. The molecule has 2 N–H and O–H groups in total. The molecule has 0 radical (unpaired) electrons. The van der Waals surface area contributed by atoms with Gasteiger partial charge in [0.25, 0.3) is 0 Å². The third-order valence-electron chi connectivity index (χ3n) is 4.78. The van der Waals surface area contributed by atoms with E-state index in [1.807, 2.05) is 53.9 Å². The van der Waals surface area contributed by atoms with Crippen LogP contribution in [0.5, 0.6) is 0 Å². The summed E-state index contributed by atoms with van der Waals surface area (Å²) in [6.45, 7) is 0.400. The highest BCUT2D eigenvalue weighted by atomic mass is 32.1. The van der Waals surface area contributed by atoms with Crippen molar-refractivity contribution in [3.63, 3.8) is 0 Å². The highest BCUT2D eigenvalue weighted by Gasteiger charge is 2.32. The van der Waals surface area contributed by atoms with E-state index >= 15 is 0 Å².